The van der Waals surface area contributed by atoms with Crippen LogP contribution in [-0.4, -0.2) is 41.7 Å². The van der Waals surface area contributed by atoms with Gasteiger partial charge in [-0.05, 0) is 18.4 Å². The Morgan fingerprint density at radius 3 is 2.58 bits per heavy atom. The normalized spacial score (nSPS) is 28.4. The number of amides is 1. The minimum absolute atomic E-state index is 0.0131. The summed E-state index contributed by atoms with van der Waals surface area (Å²) in [5, 5.41) is 9.36. The second-order valence-corrected chi connectivity index (χ2v) is 5.83. The predicted molar refractivity (Wildman–Crippen MR) is 72.5 cm³/mol. The molecular formula is C15H20N2O2. The molecule has 1 amide bonds. The summed E-state index contributed by atoms with van der Waals surface area (Å²) in [7, 11) is 0. The van der Waals surface area contributed by atoms with E-state index in [0.29, 0.717) is 13.1 Å². The molecule has 0 spiro atoms. The highest BCUT2D eigenvalue weighted by molar-refractivity contribution is 5.86. The van der Waals surface area contributed by atoms with E-state index in [1.165, 1.54) is 5.56 Å². The third-order valence-electron chi connectivity index (χ3n) is 4.49. The molecule has 0 bridgehead atoms. The summed E-state index contributed by atoms with van der Waals surface area (Å²) >= 11 is 0. The second-order valence-electron chi connectivity index (χ2n) is 5.83. The van der Waals surface area contributed by atoms with Gasteiger partial charge in [0.05, 0.1) is 12.0 Å². The second kappa shape index (κ2) is 4.62. The van der Waals surface area contributed by atoms with Crippen molar-refractivity contribution in [2.24, 2.45) is 11.1 Å². The lowest BCUT2D eigenvalue weighted by atomic mass is 9.95. The van der Waals surface area contributed by atoms with Crippen molar-refractivity contribution in [2.75, 3.05) is 19.7 Å². The zero-order chi connectivity index (χ0) is 13.5. The third kappa shape index (κ3) is 2.15. The zero-order valence-corrected chi connectivity index (χ0v) is 11.0. The first-order valence-electron chi connectivity index (χ1n) is 6.87. The fraction of sp³-hybridized carbons (Fsp3) is 0.533. The molecule has 102 valence electrons. The number of nitrogens with two attached hydrogens (primary N) is 1. The van der Waals surface area contributed by atoms with Crippen molar-refractivity contribution in [3.63, 3.8) is 0 Å². The lowest BCUT2D eigenvalue weighted by Crippen LogP contribution is -2.38. The van der Waals surface area contributed by atoms with Gasteiger partial charge in [-0.2, -0.15) is 0 Å². The van der Waals surface area contributed by atoms with Gasteiger partial charge in [0.1, 0.15) is 0 Å². The molecule has 4 heteroatoms. The van der Waals surface area contributed by atoms with Gasteiger partial charge in [-0.1, -0.05) is 30.3 Å². The molecule has 1 aliphatic heterocycles. The smallest absolute Gasteiger partial charge is 0.231 e. The van der Waals surface area contributed by atoms with E-state index in [1.54, 1.807) is 0 Å². The number of aliphatic hydroxyl groups excluding tert-OH is 1. The number of carbonyl (C=O) groups is 1. The highest BCUT2D eigenvalue weighted by Gasteiger charge is 2.52. The average Bonchev–Trinajstić information content (AvgIpc) is 3.16. The van der Waals surface area contributed by atoms with Crippen LogP contribution in [0.5, 0.6) is 0 Å². The van der Waals surface area contributed by atoms with Gasteiger partial charge in [0, 0.05) is 25.0 Å². The summed E-state index contributed by atoms with van der Waals surface area (Å²) < 4.78 is 0. The molecule has 2 atom stereocenters. The molecule has 4 nitrogen and oxygen atoms in total. The topological polar surface area (TPSA) is 66.6 Å². The van der Waals surface area contributed by atoms with Crippen LogP contribution in [0.25, 0.3) is 0 Å². The van der Waals surface area contributed by atoms with Crippen molar-refractivity contribution in [3.8, 4) is 0 Å². The summed E-state index contributed by atoms with van der Waals surface area (Å²) in [6.07, 6.45) is 1.62. The van der Waals surface area contributed by atoms with Crippen LogP contribution in [-0.2, 0) is 4.79 Å². The fourth-order valence-electron chi connectivity index (χ4n) is 2.97. The van der Waals surface area contributed by atoms with E-state index in [9.17, 15) is 9.90 Å². The van der Waals surface area contributed by atoms with E-state index in [4.69, 9.17) is 5.73 Å². The molecule has 1 saturated carbocycles. The SMILES string of the molecule is N[C@@H]1CN(C(=O)C2(CO)CC2)C[C@H]1c1ccccc1. The summed E-state index contributed by atoms with van der Waals surface area (Å²) in [6.45, 7) is 1.24. The van der Waals surface area contributed by atoms with Crippen molar-refractivity contribution < 1.29 is 9.90 Å². The maximum Gasteiger partial charge on any atom is 0.231 e. The number of likely N-dealkylation sites (tertiary alicyclic amines) is 1. The molecule has 0 radical (unpaired) electrons. The molecular weight excluding hydrogens is 240 g/mol. The molecule has 2 fully saturated rings. The van der Waals surface area contributed by atoms with Gasteiger partial charge >= 0.3 is 0 Å². The van der Waals surface area contributed by atoms with Crippen LogP contribution in [0.2, 0.25) is 0 Å². The van der Waals surface area contributed by atoms with Gasteiger partial charge in [0.2, 0.25) is 5.91 Å². The number of carbonyl (C=O) groups excluding carboxylic acids is 1. The molecule has 1 aromatic carbocycles. The molecule has 1 heterocycles. The highest BCUT2D eigenvalue weighted by Crippen LogP contribution is 2.47. The van der Waals surface area contributed by atoms with Gasteiger partial charge in [0.25, 0.3) is 0 Å². The van der Waals surface area contributed by atoms with Crippen LogP contribution in [0.4, 0.5) is 0 Å². The lowest BCUT2D eigenvalue weighted by Gasteiger charge is -2.21. The Morgan fingerprint density at radius 1 is 1.32 bits per heavy atom. The molecule has 1 saturated heterocycles. The van der Waals surface area contributed by atoms with Crippen LogP contribution in [0, 0.1) is 5.41 Å². The van der Waals surface area contributed by atoms with Crippen molar-refractivity contribution in [3.05, 3.63) is 35.9 Å². The molecule has 19 heavy (non-hydrogen) atoms. The third-order valence-corrected chi connectivity index (χ3v) is 4.49. The van der Waals surface area contributed by atoms with Gasteiger partial charge < -0.3 is 15.7 Å². The minimum Gasteiger partial charge on any atom is -0.395 e. The number of hydrogen-bond acceptors (Lipinski definition) is 3. The standard InChI is InChI=1S/C15H20N2O2/c16-13-9-17(14(19)15(10-18)6-7-15)8-12(13)11-4-2-1-3-5-11/h1-5,12-13,18H,6-10,16H2/t12-,13+/m0/s1. The zero-order valence-electron chi connectivity index (χ0n) is 11.0. The van der Waals surface area contributed by atoms with Crippen LogP contribution < -0.4 is 5.73 Å². The van der Waals surface area contributed by atoms with Crippen molar-refractivity contribution in [1.29, 1.82) is 0 Å². The van der Waals surface area contributed by atoms with Crippen molar-refractivity contribution in [1.82, 2.24) is 4.90 Å². The molecule has 1 aromatic rings. The lowest BCUT2D eigenvalue weighted by molar-refractivity contribution is -0.137. The van der Waals surface area contributed by atoms with Crippen molar-refractivity contribution >= 4 is 5.91 Å². The van der Waals surface area contributed by atoms with E-state index in [2.05, 4.69) is 12.1 Å². The largest absolute Gasteiger partial charge is 0.395 e. The Balaban J connectivity index is 1.74. The molecule has 3 N–H and O–H groups in total. The number of benzene rings is 1. The summed E-state index contributed by atoms with van der Waals surface area (Å²) in [6, 6.07) is 10.1. The van der Waals surface area contributed by atoms with Crippen LogP contribution in [0.15, 0.2) is 30.3 Å². The Kier molecular flexibility index (Phi) is 3.07. The predicted octanol–water partition coefficient (Wildman–Crippen LogP) is 0.712. The summed E-state index contributed by atoms with van der Waals surface area (Å²) in [5.41, 5.74) is 6.90. The molecule has 3 rings (SSSR count). The number of aliphatic hydroxyl groups is 1. The Hall–Kier alpha value is -1.39. The van der Waals surface area contributed by atoms with Gasteiger partial charge in [0.15, 0.2) is 0 Å². The van der Waals surface area contributed by atoms with E-state index >= 15 is 0 Å². The fourth-order valence-corrected chi connectivity index (χ4v) is 2.97. The van der Waals surface area contributed by atoms with Gasteiger partial charge in [-0.3, -0.25) is 4.79 Å². The first-order chi connectivity index (χ1) is 9.16. The quantitative estimate of drug-likeness (QED) is 0.841. The van der Waals surface area contributed by atoms with Gasteiger partial charge in [-0.25, -0.2) is 0 Å². The van der Waals surface area contributed by atoms with E-state index in [-0.39, 0.29) is 24.5 Å². The van der Waals surface area contributed by atoms with Crippen LogP contribution >= 0.6 is 0 Å². The first-order valence-corrected chi connectivity index (χ1v) is 6.87. The Labute approximate surface area is 113 Å². The maximum atomic E-state index is 12.4. The molecule has 1 aliphatic carbocycles. The molecule has 0 unspecified atom stereocenters. The van der Waals surface area contributed by atoms with Crippen molar-refractivity contribution in [2.45, 2.75) is 24.8 Å². The number of hydrogen-bond donors (Lipinski definition) is 2. The van der Waals surface area contributed by atoms with Crippen LogP contribution in [0.1, 0.15) is 24.3 Å². The van der Waals surface area contributed by atoms with E-state index < -0.39 is 5.41 Å². The minimum atomic E-state index is -0.481. The Bertz CT molecular complexity index is 470. The summed E-state index contributed by atoms with van der Waals surface area (Å²) in [5.74, 6) is 0.295. The number of nitrogens with zero attached hydrogens (tertiary/aromatic N) is 1. The monoisotopic (exact) mass is 260 g/mol. The molecule has 0 aromatic heterocycles. The van der Waals surface area contributed by atoms with E-state index in [0.717, 1.165) is 12.8 Å². The van der Waals surface area contributed by atoms with Crippen LogP contribution in [0.3, 0.4) is 0 Å². The maximum absolute atomic E-state index is 12.4. The first kappa shape index (κ1) is 12.6. The van der Waals surface area contributed by atoms with Gasteiger partial charge in [-0.15, -0.1) is 0 Å². The Morgan fingerprint density at radius 2 is 2.00 bits per heavy atom. The highest BCUT2D eigenvalue weighted by atomic mass is 16.3. The summed E-state index contributed by atoms with van der Waals surface area (Å²) in [4.78, 5) is 14.2. The van der Waals surface area contributed by atoms with E-state index in [1.807, 2.05) is 23.1 Å². The molecule has 2 aliphatic rings. The average molecular weight is 260 g/mol. The number of rotatable bonds is 3.